The molecule has 0 aromatic rings. The average molecular weight is 360 g/mol. The van der Waals surface area contributed by atoms with E-state index in [-0.39, 0.29) is 0 Å². The Hall–Kier alpha value is -1.10. The van der Waals surface area contributed by atoms with Crippen LogP contribution in [-0.4, -0.2) is 0 Å². The Morgan fingerprint density at radius 1 is 0.885 bits per heavy atom. The molecule has 2 aliphatic rings. The van der Waals surface area contributed by atoms with E-state index in [1.54, 1.807) is 6.08 Å². The maximum absolute atomic E-state index is 12.8. The van der Waals surface area contributed by atoms with Gasteiger partial charge in [0.15, 0.2) is 5.83 Å². The number of nitrogens with zero attached hydrogens (tertiary/aromatic N) is 1. The standard InChI is InChI=1S/C24H38FN/c1-2-3-4-6-20-9-13-22(14-10-20)17-18-23-15-11-21(12-16-23)7-5-8-24(25)19-26/h5,7-8,20-23H,2-4,6,9-18H2,1H3/t20-,21?,22-,23?. The first kappa shape index (κ1) is 21.2. The van der Waals surface area contributed by atoms with Crippen molar-refractivity contribution in [1.82, 2.24) is 0 Å². The summed E-state index contributed by atoms with van der Waals surface area (Å²) >= 11 is 0. The number of nitriles is 1. The molecule has 146 valence electrons. The van der Waals surface area contributed by atoms with Gasteiger partial charge in [0.25, 0.3) is 0 Å². The number of hydrogen-bond acceptors (Lipinski definition) is 1. The molecule has 0 aromatic heterocycles. The normalized spacial score (nSPS) is 30.4. The van der Waals surface area contributed by atoms with E-state index in [2.05, 4.69) is 13.0 Å². The van der Waals surface area contributed by atoms with Gasteiger partial charge in [-0.25, -0.2) is 0 Å². The number of halogens is 1. The lowest BCUT2D eigenvalue weighted by atomic mass is 9.75. The number of rotatable bonds is 9. The zero-order chi connectivity index (χ0) is 18.6. The van der Waals surface area contributed by atoms with Crippen molar-refractivity contribution in [2.75, 3.05) is 0 Å². The van der Waals surface area contributed by atoms with E-state index >= 15 is 0 Å². The van der Waals surface area contributed by atoms with Gasteiger partial charge in [-0.15, -0.1) is 0 Å². The highest BCUT2D eigenvalue weighted by Gasteiger charge is 2.23. The predicted octanol–water partition coefficient (Wildman–Crippen LogP) is 7.89. The lowest BCUT2D eigenvalue weighted by Crippen LogP contribution is -2.17. The van der Waals surface area contributed by atoms with Gasteiger partial charge in [0.2, 0.25) is 0 Å². The first-order chi connectivity index (χ1) is 12.7. The summed E-state index contributed by atoms with van der Waals surface area (Å²) in [5.41, 5.74) is 0. The summed E-state index contributed by atoms with van der Waals surface area (Å²) in [5.74, 6) is 2.81. The maximum Gasteiger partial charge on any atom is 0.199 e. The van der Waals surface area contributed by atoms with Crippen molar-refractivity contribution in [3.05, 3.63) is 24.1 Å². The molecule has 2 rings (SSSR count). The van der Waals surface area contributed by atoms with Crippen LogP contribution >= 0.6 is 0 Å². The van der Waals surface area contributed by atoms with E-state index in [1.165, 1.54) is 102 Å². The molecule has 0 radical (unpaired) electrons. The Labute approximate surface area is 160 Å². The second-order valence-electron chi connectivity index (χ2n) is 8.75. The second-order valence-corrected chi connectivity index (χ2v) is 8.75. The fourth-order valence-electron chi connectivity index (χ4n) is 4.97. The molecule has 0 aliphatic heterocycles. The maximum atomic E-state index is 12.8. The van der Waals surface area contributed by atoms with Crippen LogP contribution in [0.2, 0.25) is 0 Å². The molecule has 2 fully saturated rings. The Balaban J connectivity index is 1.56. The molecule has 0 unspecified atom stereocenters. The van der Waals surface area contributed by atoms with Crippen LogP contribution in [0.15, 0.2) is 24.1 Å². The van der Waals surface area contributed by atoms with Crippen LogP contribution in [-0.2, 0) is 0 Å². The lowest BCUT2D eigenvalue weighted by molar-refractivity contribution is 0.219. The molecule has 0 N–H and O–H groups in total. The van der Waals surface area contributed by atoms with Crippen molar-refractivity contribution < 1.29 is 4.39 Å². The third-order valence-electron chi connectivity index (χ3n) is 6.79. The SMILES string of the molecule is CCCCC[C@H]1CC[C@H](CCC2CCC(C=CC=C(F)C#N)CC2)CC1. The van der Waals surface area contributed by atoms with Gasteiger partial charge in [-0.3, -0.25) is 0 Å². The summed E-state index contributed by atoms with van der Waals surface area (Å²) in [6.07, 6.45) is 24.7. The van der Waals surface area contributed by atoms with Gasteiger partial charge < -0.3 is 0 Å². The van der Waals surface area contributed by atoms with E-state index in [1.807, 2.05) is 0 Å². The van der Waals surface area contributed by atoms with Crippen LogP contribution in [0.4, 0.5) is 4.39 Å². The molecular weight excluding hydrogens is 321 g/mol. The summed E-state index contributed by atoms with van der Waals surface area (Å²) in [5, 5.41) is 8.41. The summed E-state index contributed by atoms with van der Waals surface area (Å²) < 4.78 is 12.8. The summed E-state index contributed by atoms with van der Waals surface area (Å²) in [6.45, 7) is 2.30. The number of hydrogen-bond donors (Lipinski definition) is 0. The molecule has 0 bridgehead atoms. The molecule has 0 spiro atoms. The monoisotopic (exact) mass is 359 g/mol. The largest absolute Gasteiger partial charge is 0.199 e. The summed E-state index contributed by atoms with van der Waals surface area (Å²) in [6, 6.07) is 1.52. The predicted molar refractivity (Wildman–Crippen MR) is 108 cm³/mol. The topological polar surface area (TPSA) is 23.8 Å². The second kappa shape index (κ2) is 12.3. The van der Waals surface area contributed by atoms with Crippen LogP contribution in [0.3, 0.4) is 0 Å². The van der Waals surface area contributed by atoms with E-state index < -0.39 is 5.83 Å². The number of allylic oxidation sites excluding steroid dienone is 4. The van der Waals surface area contributed by atoms with Gasteiger partial charge in [0, 0.05) is 0 Å². The zero-order valence-corrected chi connectivity index (χ0v) is 16.8. The zero-order valence-electron chi connectivity index (χ0n) is 16.8. The smallest absolute Gasteiger partial charge is 0.195 e. The van der Waals surface area contributed by atoms with Crippen molar-refractivity contribution in [1.29, 1.82) is 5.26 Å². The van der Waals surface area contributed by atoms with Crippen LogP contribution in [0.25, 0.3) is 0 Å². The van der Waals surface area contributed by atoms with Crippen LogP contribution in [0.1, 0.15) is 96.8 Å². The minimum absolute atomic E-state index is 0.576. The van der Waals surface area contributed by atoms with Gasteiger partial charge in [-0.05, 0) is 55.4 Å². The molecule has 0 amide bonds. The van der Waals surface area contributed by atoms with Gasteiger partial charge in [0.1, 0.15) is 6.07 Å². The third-order valence-corrected chi connectivity index (χ3v) is 6.79. The van der Waals surface area contributed by atoms with Gasteiger partial charge >= 0.3 is 0 Å². The van der Waals surface area contributed by atoms with E-state index in [4.69, 9.17) is 5.26 Å². The first-order valence-electron chi connectivity index (χ1n) is 11.1. The lowest BCUT2D eigenvalue weighted by Gasteiger charge is -2.31. The van der Waals surface area contributed by atoms with E-state index in [0.717, 1.165) is 17.8 Å². The van der Waals surface area contributed by atoms with Gasteiger partial charge in [0.05, 0.1) is 0 Å². The molecule has 0 heterocycles. The Bertz CT molecular complexity index is 471. The number of unbranched alkanes of at least 4 members (excludes halogenated alkanes) is 2. The van der Waals surface area contributed by atoms with E-state index in [0.29, 0.717) is 5.92 Å². The molecule has 2 heteroatoms. The van der Waals surface area contributed by atoms with Crippen molar-refractivity contribution in [3.8, 4) is 6.07 Å². The highest BCUT2D eigenvalue weighted by Crippen LogP contribution is 2.38. The molecule has 0 aromatic carbocycles. The molecule has 26 heavy (non-hydrogen) atoms. The Morgan fingerprint density at radius 3 is 1.96 bits per heavy atom. The van der Waals surface area contributed by atoms with Crippen molar-refractivity contribution >= 4 is 0 Å². The van der Waals surface area contributed by atoms with Gasteiger partial charge in [-0.2, -0.15) is 9.65 Å². The van der Waals surface area contributed by atoms with Crippen molar-refractivity contribution in [3.63, 3.8) is 0 Å². The molecule has 2 saturated carbocycles. The van der Waals surface area contributed by atoms with Crippen LogP contribution < -0.4 is 0 Å². The minimum Gasteiger partial charge on any atom is -0.195 e. The minimum atomic E-state index is -0.699. The summed E-state index contributed by atoms with van der Waals surface area (Å²) in [4.78, 5) is 0. The Morgan fingerprint density at radius 2 is 1.42 bits per heavy atom. The Kier molecular flexibility index (Phi) is 10.0. The quantitative estimate of drug-likeness (QED) is 0.233. The first-order valence-corrected chi connectivity index (χ1v) is 11.1. The molecular formula is C24H38FN. The fraction of sp³-hybridized carbons (Fsp3) is 0.792. The van der Waals surface area contributed by atoms with Gasteiger partial charge in [-0.1, -0.05) is 83.3 Å². The highest BCUT2D eigenvalue weighted by atomic mass is 19.1. The molecule has 0 atom stereocenters. The van der Waals surface area contributed by atoms with Crippen LogP contribution in [0, 0.1) is 35.0 Å². The average Bonchev–Trinajstić information content (AvgIpc) is 2.68. The molecule has 1 nitrogen and oxygen atoms in total. The van der Waals surface area contributed by atoms with Crippen molar-refractivity contribution in [2.24, 2.45) is 23.7 Å². The summed E-state index contributed by atoms with van der Waals surface area (Å²) in [7, 11) is 0. The van der Waals surface area contributed by atoms with E-state index in [9.17, 15) is 4.39 Å². The molecule has 0 saturated heterocycles. The molecule has 2 aliphatic carbocycles. The van der Waals surface area contributed by atoms with Crippen molar-refractivity contribution in [2.45, 2.75) is 96.8 Å². The highest BCUT2D eigenvalue weighted by molar-refractivity contribution is 5.19. The third kappa shape index (κ3) is 8.07. The fourth-order valence-corrected chi connectivity index (χ4v) is 4.97. The van der Waals surface area contributed by atoms with Crippen LogP contribution in [0.5, 0.6) is 0 Å².